The first-order valence-electron chi connectivity index (χ1n) is 5.22. The first-order chi connectivity index (χ1) is 5.36. The normalized spacial score (nSPS) is 46.8. The maximum atomic E-state index is 2.54. The van der Waals surface area contributed by atoms with Gasteiger partial charge in [0.2, 0.25) is 0 Å². The standard InChI is InChI=1S/C11H22B/c1-7-8(2)10(4)12-11(5,6)9(7)3/h7-10H,1-6H3. The summed E-state index contributed by atoms with van der Waals surface area (Å²) >= 11 is 0. The van der Waals surface area contributed by atoms with Gasteiger partial charge in [-0.15, -0.1) is 0 Å². The van der Waals surface area contributed by atoms with Gasteiger partial charge in [0.25, 0.3) is 0 Å². The number of rotatable bonds is 0. The fraction of sp³-hybridized carbons (Fsp3) is 1.00. The summed E-state index contributed by atoms with van der Waals surface area (Å²) in [5.41, 5.74) is 0. The van der Waals surface area contributed by atoms with E-state index in [0.717, 1.165) is 23.6 Å². The monoisotopic (exact) mass is 165 g/mol. The van der Waals surface area contributed by atoms with Crippen LogP contribution >= 0.6 is 0 Å². The highest BCUT2D eigenvalue weighted by molar-refractivity contribution is 6.42. The maximum Gasteiger partial charge on any atom is 0.121 e. The molecule has 0 N–H and O–H groups in total. The second-order valence-electron chi connectivity index (χ2n) is 5.35. The highest BCUT2D eigenvalue weighted by atomic mass is 14.4. The quantitative estimate of drug-likeness (QED) is 0.481. The summed E-state index contributed by atoms with van der Waals surface area (Å²) in [6.07, 6.45) is 0. The molecule has 0 aromatic heterocycles. The molecule has 0 spiro atoms. The molecule has 0 amide bonds. The third-order valence-electron chi connectivity index (χ3n) is 4.31. The highest BCUT2D eigenvalue weighted by Crippen LogP contribution is 2.50. The summed E-state index contributed by atoms with van der Waals surface area (Å²) in [6, 6.07) is 0. The summed E-state index contributed by atoms with van der Waals surface area (Å²) in [6.45, 7) is 14.3. The van der Waals surface area contributed by atoms with Crippen LogP contribution in [-0.4, -0.2) is 7.28 Å². The van der Waals surface area contributed by atoms with E-state index in [-0.39, 0.29) is 0 Å². The Morgan fingerprint density at radius 2 is 1.42 bits per heavy atom. The van der Waals surface area contributed by atoms with Crippen molar-refractivity contribution in [2.75, 3.05) is 0 Å². The average Bonchev–Trinajstić information content (AvgIpc) is 1.97. The second kappa shape index (κ2) is 3.08. The Balaban J connectivity index is 2.78. The zero-order valence-corrected chi connectivity index (χ0v) is 9.39. The minimum absolute atomic E-state index is 0.436. The van der Waals surface area contributed by atoms with Crippen LogP contribution in [0, 0.1) is 17.8 Å². The van der Waals surface area contributed by atoms with Crippen LogP contribution in [0.4, 0.5) is 0 Å². The van der Waals surface area contributed by atoms with Gasteiger partial charge in [0.05, 0.1) is 0 Å². The summed E-state index contributed by atoms with van der Waals surface area (Å²) in [4.78, 5) is 0. The molecule has 0 aromatic carbocycles. The Morgan fingerprint density at radius 1 is 0.917 bits per heavy atom. The summed E-state index contributed by atoms with van der Waals surface area (Å²) in [5, 5.41) is 0.436. The van der Waals surface area contributed by atoms with Crippen LogP contribution in [0.5, 0.6) is 0 Å². The molecule has 0 bridgehead atoms. The van der Waals surface area contributed by atoms with Crippen molar-refractivity contribution in [2.24, 2.45) is 17.8 Å². The molecule has 0 aliphatic carbocycles. The van der Waals surface area contributed by atoms with Crippen LogP contribution in [0.2, 0.25) is 11.1 Å². The fourth-order valence-electron chi connectivity index (χ4n) is 2.59. The van der Waals surface area contributed by atoms with Crippen LogP contribution in [0.25, 0.3) is 0 Å². The molecular weight excluding hydrogens is 143 g/mol. The van der Waals surface area contributed by atoms with E-state index < -0.39 is 0 Å². The fourth-order valence-corrected chi connectivity index (χ4v) is 2.59. The molecule has 1 fully saturated rings. The first kappa shape index (κ1) is 10.1. The van der Waals surface area contributed by atoms with Crippen molar-refractivity contribution >= 4 is 7.28 Å². The van der Waals surface area contributed by atoms with Crippen molar-refractivity contribution in [2.45, 2.75) is 52.7 Å². The number of hydrogen-bond donors (Lipinski definition) is 0. The molecule has 69 valence electrons. The van der Waals surface area contributed by atoms with Gasteiger partial charge in [0, 0.05) is 0 Å². The number of hydrogen-bond acceptors (Lipinski definition) is 0. The molecule has 12 heavy (non-hydrogen) atoms. The van der Waals surface area contributed by atoms with E-state index in [4.69, 9.17) is 0 Å². The van der Waals surface area contributed by atoms with E-state index in [9.17, 15) is 0 Å². The van der Waals surface area contributed by atoms with Crippen LogP contribution < -0.4 is 0 Å². The summed E-state index contributed by atoms with van der Waals surface area (Å²) in [7, 11) is 2.54. The van der Waals surface area contributed by atoms with Gasteiger partial charge in [-0.1, -0.05) is 52.7 Å². The lowest BCUT2D eigenvalue weighted by Crippen LogP contribution is -2.39. The molecule has 0 aromatic rings. The summed E-state index contributed by atoms with van der Waals surface area (Å²) < 4.78 is 0. The van der Waals surface area contributed by atoms with Gasteiger partial charge in [0.1, 0.15) is 7.28 Å². The van der Waals surface area contributed by atoms with E-state index in [0.29, 0.717) is 5.31 Å². The maximum absolute atomic E-state index is 2.54. The minimum atomic E-state index is 0.436. The molecular formula is C11H22B. The zero-order chi connectivity index (χ0) is 9.52. The minimum Gasteiger partial charge on any atom is -0.0694 e. The Bertz CT molecular complexity index is 162. The lowest BCUT2D eigenvalue weighted by Gasteiger charge is -2.47. The largest absolute Gasteiger partial charge is 0.121 e. The molecule has 1 aliphatic rings. The Kier molecular flexibility index (Phi) is 2.61. The van der Waals surface area contributed by atoms with E-state index in [1.807, 2.05) is 0 Å². The Hall–Kier alpha value is 0.0649. The topological polar surface area (TPSA) is 0 Å². The van der Waals surface area contributed by atoms with Crippen LogP contribution in [-0.2, 0) is 0 Å². The molecule has 4 atom stereocenters. The van der Waals surface area contributed by atoms with Gasteiger partial charge < -0.3 is 0 Å². The van der Waals surface area contributed by atoms with Crippen LogP contribution in [0.15, 0.2) is 0 Å². The highest BCUT2D eigenvalue weighted by Gasteiger charge is 2.41. The van der Waals surface area contributed by atoms with Crippen molar-refractivity contribution in [3.63, 3.8) is 0 Å². The molecule has 1 aliphatic heterocycles. The van der Waals surface area contributed by atoms with Gasteiger partial charge in [0.15, 0.2) is 0 Å². The molecule has 4 unspecified atom stereocenters. The lowest BCUT2D eigenvalue weighted by atomic mass is 9.35. The Labute approximate surface area is 78.4 Å². The molecule has 0 nitrogen and oxygen atoms in total. The van der Waals surface area contributed by atoms with Crippen molar-refractivity contribution in [1.29, 1.82) is 0 Å². The van der Waals surface area contributed by atoms with E-state index in [1.165, 1.54) is 0 Å². The summed E-state index contributed by atoms with van der Waals surface area (Å²) in [5.74, 6) is 3.32. The van der Waals surface area contributed by atoms with E-state index >= 15 is 0 Å². The second-order valence-corrected chi connectivity index (χ2v) is 5.35. The van der Waals surface area contributed by atoms with Crippen molar-refractivity contribution in [3.05, 3.63) is 0 Å². The third-order valence-corrected chi connectivity index (χ3v) is 4.31. The molecule has 1 saturated heterocycles. The van der Waals surface area contributed by atoms with Crippen LogP contribution in [0.1, 0.15) is 41.5 Å². The Morgan fingerprint density at radius 3 is 1.92 bits per heavy atom. The van der Waals surface area contributed by atoms with Crippen molar-refractivity contribution in [1.82, 2.24) is 0 Å². The lowest BCUT2D eigenvalue weighted by molar-refractivity contribution is 0.199. The SMILES string of the molecule is CC1[B]C(C)(C)C(C)C(C)C1C. The van der Waals surface area contributed by atoms with E-state index in [2.05, 4.69) is 48.8 Å². The van der Waals surface area contributed by atoms with Crippen LogP contribution in [0.3, 0.4) is 0 Å². The van der Waals surface area contributed by atoms with Crippen molar-refractivity contribution < 1.29 is 0 Å². The molecule has 0 saturated carbocycles. The predicted molar refractivity (Wildman–Crippen MR) is 56.7 cm³/mol. The smallest absolute Gasteiger partial charge is 0.0694 e. The van der Waals surface area contributed by atoms with Gasteiger partial charge >= 0.3 is 0 Å². The molecule has 1 rings (SSSR count). The molecule has 1 heterocycles. The zero-order valence-electron chi connectivity index (χ0n) is 9.39. The van der Waals surface area contributed by atoms with Crippen molar-refractivity contribution in [3.8, 4) is 0 Å². The average molecular weight is 165 g/mol. The predicted octanol–water partition coefficient (Wildman–Crippen LogP) is 3.62. The van der Waals surface area contributed by atoms with E-state index in [1.54, 1.807) is 0 Å². The molecule has 1 heteroatoms. The van der Waals surface area contributed by atoms with Gasteiger partial charge in [-0.05, 0) is 17.8 Å². The van der Waals surface area contributed by atoms with Gasteiger partial charge in [-0.25, -0.2) is 0 Å². The van der Waals surface area contributed by atoms with Gasteiger partial charge in [-0.2, -0.15) is 0 Å². The first-order valence-corrected chi connectivity index (χ1v) is 5.22. The van der Waals surface area contributed by atoms with Gasteiger partial charge in [-0.3, -0.25) is 0 Å². The third kappa shape index (κ3) is 1.55. The molecule has 1 radical (unpaired) electrons.